The minimum absolute atomic E-state index is 0.500. The number of rotatable bonds is 5. The van der Waals surface area contributed by atoms with E-state index in [4.69, 9.17) is 5.11 Å². The molecule has 0 radical (unpaired) electrons. The number of carbonyl (C=O) groups is 1. The number of nitrogens with one attached hydrogen (secondary N) is 1. The Hall–Kier alpha value is -1.37. The number of anilines is 1. The van der Waals surface area contributed by atoms with Gasteiger partial charge in [0.05, 0.1) is 0 Å². The molecular formula is C11H12F3NO2S. The van der Waals surface area contributed by atoms with Crippen molar-refractivity contribution in [3.8, 4) is 0 Å². The molecule has 1 aromatic rings. The summed E-state index contributed by atoms with van der Waals surface area (Å²) >= 11 is 1.37. The number of benzene rings is 1. The smallest absolute Gasteiger partial charge is 0.403 e. The van der Waals surface area contributed by atoms with Crippen LogP contribution in [0.25, 0.3) is 0 Å². The van der Waals surface area contributed by atoms with E-state index >= 15 is 0 Å². The SMILES string of the molecule is CSc1ccccc1NCC(C(=O)O)C(F)(F)F. The van der Waals surface area contributed by atoms with Crippen molar-refractivity contribution < 1.29 is 23.1 Å². The minimum atomic E-state index is -4.76. The highest BCUT2D eigenvalue weighted by Crippen LogP contribution is 2.29. The molecule has 0 saturated heterocycles. The van der Waals surface area contributed by atoms with Crippen molar-refractivity contribution in [1.29, 1.82) is 0 Å². The van der Waals surface area contributed by atoms with Crippen molar-refractivity contribution in [2.24, 2.45) is 5.92 Å². The third-order valence-corrected chi connectivity index (χ3v) is 3.09. The van der Waals surface area contributed by atoms with Gasteiger partial charge in [0.25, 0.3) is 0 Å². The maximum atomic E-state index is 12.4. The molecule has 1 rings (SSSR count). The van der Waals surface area contributed by atoms with E-state index in [0.717, 1.165) is 4.90 Å². The summed E-state index contributed by atoms with van der Waals surface area (Å²) in [7, 11) is 0. The molecule has 0 heterocycles. The molecule has 7 heteroatoms. The van der Waals surface area contributed by atoms with Gasteiger partial charge in [-0.3, -0.25) is 4.79 Å². The second-order valence-corrected chi connectivity index (χ2v) is 4.36. The fourth-order valence-electron chi connectivity index (χ4n) is 1.35. The molecule has 18 heavy (non-hydrogen) atoms. The second kappa shape index (κ2) is 5.99. The van der Waals surface area contributed by atoms with Gasteiger partial charge in [-0.15, -0.1) is 11.8 Å². The standard InChI is InChI=1S/C11H12F3NO2S/c1-18-9-5-3-2-4-8(9)15-6-7(10(16)17)11(12,13)14/h2-5,7,15H,6H2,1H3,(H,16,17). The maximum Gasteiger partial charge on any atom is 0.403 e. The molecule has 0 fully saturated rings. The van der Waals surface area contributed by atoms with Crippen LogP contribution in [0.4, 0.5) is 18.9 Å². The van der Waals surface area contributed by atoms with Crippen LogP contribution in [0.3, 0.4) is 0 Å². The van der Waals surface area contributed by atoms with Crippen molar-refractivity contribution >= 4 is 23.4 Å². The molecule has 0 bridgehead atoms. The summed E-state index contributed by atoms with van der Waals surface area (Å²) in [5.41, 5.74) is 0.500. The van der Waals surface area contributed by atoms with Gasteiger partial charge >= 0.3 is 12.1 Å². The second-order valence-electron chi connectivity index (χ2n) is 3.51. The van der Waals surface area contributed by atoms with Gasteiger partial charge < -0.3 is 10.4 Å². The molecule has 0 aromatic heterocycles. The van der Waals surface area contributed by atoms with Crippen molar-refractivity contribution in [1.82, 2.24) is 0 Å². The van der Waals surface area contributed by atoms with E-state index < -0.39 is 24.6 Å². The number of para-hydroxylation sites is 1. The van der Waals surface area contributed by atoms with Gasteiger partial charge in [-0.25, -0.2) is 0 Å². The number of carboxylic acids is 1. The van der Waals surface area contributed by atoms with Gasteiger partial charge in [0.2, 0.25) is 0 Å². The number of alkyl halides is 3. The van der Waals surface area contributed by atoms with Crippen LogP contribution >= 0.6 is 11.8 Å². The van der Waals surface area contributed by atoms with Crippen LogP contribution in [-0.2, 0) is 4.79 Å². The summed E-state index contributed by atoms with van der Waals surface area (Å²) in [5.74, 6) is -4.29. The minimum Gasteiger partial charge on any atom is -0.481 e. The van der Waals surface area contributed by atoms with Gasteiger partial charge in [0.15, 0.2) is 5.92 Å². The highest BCUT2D eigenvalue weighted by Gasteiger charge is 2.44. The zero-order valence-electron chi connectivity index (χ0n) is 9.49. The monoisotopic (exact) mass is 279 g/mol. The van der Waals surface area contributed by atoms with E-state index in [1.54, 1.807) is 30.5 Å². The first-order valence-electron chi connectivity index (χ1n) is 5.02. The number of hydrogen-bond donors (Lipinski definition) is 2. The lowest BCUT2D eigenvalue weighted by Crippen LogP contribution is -2.36. The third kappa shape index (κ3) is 3.83. The summed E-state index contributed by atoms with van der Waals surface area (Å²) in [6, 6.07) is 6.79. The Kier molecular flexibility index (Phi) is 4.89. The van der Waals surface area contributed by atoms with E-state index in [2.05, 4.69) is 5.32 Å². The molecule has 2 N–H and O–H groups in total. The number of carboxylic acid groups (broad SMARTS) is 1. The topological polar surface area (TPSA) is 49.3 Å². The average molecular weight is 279 g/mol. The Balaban J connectivity index is 2.77. The Morgan fingerprint density at radius 1 is 1.44 bits per heavy atom. The lowest BCUT2D eigenvalue weighted by atomic mass is 10.1. The molecular weight excluding hydrogens is 267 g/mol. The summed E-state index contributed by atoms with van der Waals surface area (Å²) < 4.78 is 37.3. The molecule has 0 aliphatic carbocycles. The van der Waals surface area contributed by atoms with Crippen molar-refractivity contribution in [2.45, 2.75) is 11.1 Å². The van der Waals surface area contributed by atoms with Crippen LogP contribution in [0.5, 0.6) is 0 Å². The van der Waals surface area contributed by atoms with E-state index in [1.165, 1.54) is 11.8 Å². The molecule has 0 saturated carbocycles. The van der Waals surface area contributed by atoms with E-state index in [1.807, 2.05) is 0 Å². The summed E-state index contributed by atoms with van der Waals surface area (Å²) in [6.45, 7) is -0.684. The average Bonchev–Trinajstić information content (AvgIpc) is 2.27. The summed E-state index contributed by atoms with van der Waals surface area (Å²) in [6.07, 6.45) is -2.97. The van der Waals surface area contributed by atoms with Crippen LogP contribution in [-0.4, -0.2) is 30.1 Å². The first-order valence-corrected chi connectivity index (χ1v) is 6.25. The normalized spacial score (nSPS) is 13.1. The van der Waals surface area contributed by atoms with E-state index in [0.29, 0.717) is 5.69 Å². The lowest BCUT2D eigenvalue weighted by molar-refractivity contribution is -0.190. The zero-order chi connectivity index (χ0) is 13.8. The molecule has 3 nitrogen and oxygen atoms in total. The van der Waals surface area contributed by atoms with Crippen LogP contribution < -0.4 is 5.32 Å². The quantitative estimate of drug-likeness (QED) is 0.813. The van der Waals surface area contributed by atoms with Gasteiger partial charge in [0.1, 0.15) is 0 Å². The highest BCUT2D eigenvalue weighted by molar-refractivity contribution is 7.98. The highest BCUT2D eigenvalue weighted by atomic mass is 32.2. The van der Waals surface area contributed by atoms with Crippen molar-refractivity contribution in [3.05, 3.63) is 24.3 Å². The number of aliphatic carboxylic acids is 1. The number of halogens is 3. The fraction of sp³-hybridized carbons (Fsp3) is 0.364. The number of thioether (sulfide) groups is 1. The maximum absolute atomic E-state index is 12.4. The molecule has 0 spiro atoms. The van der Waals surface area contributed by atoms with Crippen LogP contribution in [0.2, 0.25) is 0 Å². The third-order valence-electron chi connectivity index (χ3n) is 2.30. The van der Waals surface area contributed by atoms with Crippen LogP contribution in [0.1, 0.15) is 0 Å². The first kappa shape index (κ1) is 14.7. The largest absolute Gasteiger partial charge is 0.481 e. The van der Waals surface area contributed by atoms with E-state index in [-0.39, 0.29) is 0 Å². The molecule has 0 amide bonds. The van der Waals surface area contributed by atoms with Gasteiger partial charge in [-0.1, -0.05) is 12.1 Å². The Morgan fingerprint density at radius 3 is 2.56 bits per heavy atom. The lowest BCUT2D eigenvalue weighted by Gasteiger charge is -2.18. The molecule has 1 unspecified atom stereocenters. The molecule has 1 aromatic carbocycles. The zero-order valence-corrected chi connectivity index (χ0v) is 10.3. The summed E-state index contributed by atoms with van der Waals surface area (Å²) in [5, 5.41) is 11.1. The van der Waals surface area contributed by atoms with Gasteiger partial charge in [-0.2, -0.15) is 13.2 Å². The van der Waals surface area contributed by atoms with Crippen LogP contribution in [0.15, 0.2) is 29.2 Å². The van der Waals surface area contributed by atoms with E-state index in [9.17, 15) is 18.0 Å². The molecule has 100 valence electrons. The molecule has 0 aliphatic heterocycles. The fourth-order valence-corrected chi connectivity index (χ4v) is 1.92. The van der Waals surface area contributed by atoms with Crippen LogP contribution in [0, 0.1) is 5.92 Å². The van der Waals surface area contributed by atoms with Gasteiger partial charge in [-0.05, 0) is 18.4 Å². The Bertz CT molecular complexity index is 423. The predicted octanol–water partition coefficient (Wildman–Crippen LogP) is 3.08. The first-order chi connectivity index (χ1) is 8.36. The predicted molar refractivity (Wildman–Crippen MR) is 63.9 cm³/mol. The Morgan fingerprint density at radius 2 is 2.06 bits per heavy atom. The van der Waals surface area contributed by atoms with Crippen molar-refractivity contribution in [3.63, 3.8) is 0 Å². The Labute approximate surface area is 106 Å². The van der Waals surface area contributed by atoms with Crippen molar-refractivity contribution in [2.75, 3.05) is 18.1 Å². The van der Waals surface area contributed by atoms with Gasteiger partial charge in [0, 0.05) is 17.1 Å². The molecule has 1 atom stereocenters. The summed E-state index contributed by atoms with van der Waals surface area (Å²) in [4.78, 5) is 11.3. The molecule has 0 aliphatic rings. The number of hydrogen-bond acceptors (Lipinski definition) is 3.